The summed E-state index contributed by atoms with van der Waals surface area (Å²) in [6, 6.07) is 5.35. The Balaban J connectivity index is 2.78. The van der Waals surface area contributed by atoms with E-state index in [1.165, 1.54) is 25.1 Å². The van der Waals surface area contributed by atoms with Gasteiger partial charge in [0, 0.05) is 5.39 Å². The number of halogens is 3. The van der Waals surface area contributed by atoms with Gasteiger partial charge in [-0.2, -0.15) is 13.2 Å². The molecule has 0 bridgehead atoms. The van der Waals surface area contributed by atoms with Crippen LogP contribution in [0.15, 0.2) is 24.3 Å². The van der Waals surface area contributed by atoms with Crippen molar-refractivity contribution in [2.45, 2.75) is 13.1 Å². The van der Waals surface area contributed by atoms with Crippen molar-refractivity contribution in [3.05, 3.63) is 35.5 Å². The van der Waals surface area contributed by atoms with Crippen LogP contribution in [0, 0.1) is 6.92 Å². The maximum Gasteiger partial charge on any atom is 0.418 e. The summed E-state index contributed by atoms with van der Waals surface area (Å²) in [6.45, 7) is 1.27. The molecule has 0 spiro atoms. The average molecular weight is 227 g/mol. The molecule has 1 heterocycles. The van der Waals surface area contributed by atoms with Crippen LogP contribution in [0.4, 0.5) is 13.2 Å². The van der Waals surface area contributed by atoms with Crippen molar-refractivity contribution in [2.75, 3.05) is 0 Å². The second-order valence-electron chi connectivity index (χ2n) is 3.47. The Morgan fingerprint density at radius 2 is 1.94 bits per heavy atom. The highest BCUT2D eigenvalue weighted by molar-refractivity contribution is 5.85. The lowest BCUT2D eigenvalue weighted by Crippen LogP contribution is -2.08. The second-order valence-corrected chi connectivity index (χ2v) is 3.47. The number of hydrogen-bond donors (Lipinski definition) is 1. The van der Waals surface area contributed by atoms with Crippen LogP contribution in [0.2, 0.25) is 0 Å². The molecule has 5 heteroatoms. The molecule has 0 aliphatic rings. The topological polar surface area (TPSA) is 33.1 Å². The van der Waals surface area contributed by atoms with Crippen LogP contribution < -0.4 is 0 Å². The van der Waals surface area contributed by atoms with Crippen LogP contribution in [-0.2, 0) is 6.18 Å². The zero-order chi connectivity index (χ0) is 11.9. The Labute approximate surface area is 89.4 Å². The number of benzene rings is 1. The zero-order valence-electron chi connectivity index (χ0n) is 8.34. The number of alkyl halides is 3. The first-order chi connectivity index (χ1) is 7.39. The summed E-state index contributed by atoms with van der Waals surface area (Å²) in [7, 11) is 0. The van der Waals surface area contributed by atoms with E-state index >= 15 is 0 Å². The van der Waals surface area contributed by atoms with E-state index < -0.39 is 11.7 Å². The monoisotopic (exact) mass is 227 g/mol. The molecular weight excluding hydrogens is 219 g/mol. The molecule has 1 N–H and O–H groups in total. The van der Waals surface area contributed by atoms with Gasteiger partial charge in [-0.1, -0.05) is 12.1 Å². The van der Waals surface area contributed by atoms with E-state index in [9.17, 15) is 18.3 Å². The summed E-state index contributed by atoms with van der Waals surface area (Å²) in [6.07, 6.45) is -4.42. The number of phenols is 1. The van der Waals surface area contributed by atoms with Crippen LogP contribution in [-0.4, -0.2) is 10.1 Å². The van der Waals surface area contributed by atoms with E-state index in [0.717, 1.165) is 6.07 Å². The molecule has 84 valence electrons. The SMILES string of the molecule is Cc1nc2c(O)cccc2cc1C(F)(F)F. The fraction of sp³-hybridized carbons (Fsp3) is 0.182. The van der Waals surface area contributed by atoms with Crippen LogP contribution in [0.5, 0.6) is 5.75 Å². The Morgan fingerprint density at radius 1 is 1.25 bits per heavy atom. The van der Waals surface area contributed by atoms with Gasteiger partial charge in [0.05, 0.1) is 11.3 Å². The minimum atomic E-state index is -4.42. The third-order valence-electron chi connectivity index (χ3n) is 2.32. The van der Waals surface area contributed by atoms with E-state index in [-0.39, 0.29) is 22.3 Å². The first-order valence-corrected chi connectivity index (χ1v) is 4.56. The van der Waals surface area contributed by atoms with Gasteiger partial charge < -0.3 is 5.11 Å². The molecule has 1 aromatic heterocycles. The average Bonchev–Trinajstić information content (AvgIpc) is 2.17. The smallest absolute Gasteiger partial charge is 0.418 e. The number of hydrogen-bond acceptors (Lipinski definition) is 2. The maximum atomic E-state index is 12.6. The number of phenolic OH excluding ortho intramolecular Hbond substituents is 1. The van der Waals surface area contributed by atoms with Crippen LogP contribution in [0.25, 0.3) is 10.9 Å². The normalized spacial score (nSPS) is 12.0. The van der Waals surface area contributed by atoms with Crippen LogP contribution >= 0.6 is 0 Å². The molecule has 2 aromatic rings. The van der Waals surface area contributed by atoms with Gasteiger partial charge in [0.2, 0.25) is 0 Å². The molecule has 0 aliphatic heterocycles. The number of aromatic nitrogens is 1. The lowest BCUT2D eigenvalue weighted by molar-refractivity contribution is -0.138. The fourth-order valence-electron chi connectivity index (χ4n) is 1.56. The summed E-state index contributed by atoms with van der Waals surface area (Å²) in [5.74, 6) is -0.116. The highest BCUT2D eigenvalue weighted by atomic mass is 19.4. The van der Waals surface area contributed by atoms with Crippen molar-refractivity contribution in [1.82, 2.24) is 4.98 Å². The Morgan fingerprint density at radius 3 is 2.56 bits per heavy atom. The highest BCUT2D eigenvalue weighted by Crippen LogP contribution is 2.34. The number of nitrogens with zero attached hydrogens (tertiary/aromatic N) is 1. The summed E-state index contributed by atoms with van der Waals surface area (Å²) >= 11 is 0. The van der Waals surface area contributed by atoms with E-state index in [0.29, 0.717) is 0 Å². The van der Waals surface area contributed by atoms with Gasteiger partial charge in [0.1, 0.15) is 11.3 Å². The van der Waals surface area contributed by atoms with E-state index in [1.54, 1.807) is 0 Å². The van der Waals surface area contributed by atoms with E-state index in [2.05, 4.69) is 4.98 Å². The molecule has 16 heavy (non-hydrogen) atoms. The van der Waals surface area contributed by atoms with E-state index in [1.807, 2.05) is 0 Å². The van der Waals surface area contributed by atoms with Crippen molar-refractivity contribution >= 4 is 10.9 Å². The van der Waals surface area contributed by atoms with Crippen molar-refractivity contribution in [3.63, 3.8) is 0 Å². The lowest BCUT2D eigenvalue weighted by Gasteiger charge is -2.11. The predicted molar refractivity (Wildman–Crippen MR) is 53.1 cm³/mol. The summed E-state index contributed by atoms with van der Waals surface area (Å²) in [4.78, 5) is 3.77. The summed E-state index contributed by atoms with van der Waals surface area (Å²) in [5.41, 5.74) is -0.722. The van der Waals surface area contributed by atoms with Crippen molar-refractivity contribution in [1.29, 1.82) is 0 Å². The number of aromatic hydroxyl groups is 1. The first kappa shape index (κ1) is 10.7. The first-order valence-electron chi connectivity index (χ1n) is 4.56. The third kappa shape index (κ3) is 1.68. The number of aryl methyl sites for hydroxylation is 1. The lowest BCUT2D eigenvalue weighted by atomic mass is 10.1. The molecular formula is C11H8F3NO. The number of pyridine rings is 1. The molecule has 0 unspecified atom stereocenters. The molecule has 2 rings (SSSR count). The van der Waals surface area contributed by atoms with Gasteiger partial charge in [0.25, 0.3) is 0 Å². The van der Waals surface area contributed by atoms with Gasteiger partial charge in [-0.15, -0.1) is 0 Å². The zero-order valence-corrected chi connectivity index (χ0v) is 8.34. The minimum absolute atomic E-state index is 0.116. The van der Waals surface area contributed by atoms with Gasteiger partial charge >= 0.3 is 6.18 Å². The fourth-order valence-corrected chi connectivity index (χ4v) is 1.56. The molecule has 0 saturated carbocycles. The van der Waals surface area contributed by atoms with Crippen molar-refractivity contribution in [3.8, 4) is 5.75 Å². The van der Waals surface area contributed by atoms with Gasteiger partial charge in [-0.05, 0) is 19.1 Å². The molecule has 0 aliphatic carbocycles. The van der Waals surface area contributed by atoms with Crippen LogP contribution in [0.1, 0.15) is 11.3 Å². The van der Waals surface area contributed by atoms with E-state index in [4.69, 9.17) is 0 Å². The Bertz CT molecular complexity index is 549. The third-order valence-corrected chi connectivity index (χ3v) is 2.32. The van der Waals surface area contributed by atoms with Gasteiger partial charge in [-0.3, -0.25) is 0 Å². The van der Waals surface area contributed by atoms with Gasteiger partial charge in [-0.25, -0.2) is 4.98 Å². The minimum Gasteiger partial charge on any atom is -0.506 e. The van der Waals surface area contributed by atoms with Gasteiger partial charge in [0.15, 0.2) is 0 Å². The highest BCUT2D eigenvalue weighted by Gasteiger charge is 2.33. The molecule has 1 aromatic carbocycles. The molecule has 0 atom stereocenters. The standard InChI is InChI=1S/C11H8F3NO/c1-6-8(11(12,13)14)5-7-3-2-4-9(16)10(7)15-6/h2-5,16H,1H3. The summed E-state index contributed by atoms with van der Waals surface area (Å²) in [5, 5.41) is 9.72. The largest absolute Gasteiger partial charge is 0.506 e. The van der Waals surface area contributed by atoms with Crippen LogP contribution in [0.3, 0.4) is 0 Å². The number of para-hydroxylation sites is 1. The Hall–Kier alpha value is -1.78. The number of rotatable bonds is 0. The maximum absolute atomic E-state index is 12.6. The predicted octanol–water partition coefficient (Wildman–Crippen LogP) is 3.27. The molecule has 0 radical (unpaired) electrons. The molecule has 0 saturated heterocycles. The second kappa shape index (κ2) is 3.37. The van der Waals surface area contributed by atoms with Crippen molar-refractivity contribution in [2.24, 2.45) is 0 Å². The molecule has 0 amide bonds. The Kier molecular flexibility index (Phi) is 2.26. The summed E-state index contributed by atoms with van der Waals surface area (Å²) < 4.78 is 37.7. The molecule has 2 nitrogen and oxygen atoms in total. The number of fused-ring (bicyclic) bond motifs is 1. The molecule has 0 fully saturated rings. The quantitative estimate of drug-likeness (QED) is 0.749. The van der Waals surface area contributed by atoms with Crippen molar-refractivity contribution < 1.29 is 18.3 Å².